The maximum Gasteiger partial charge on any atom is 0.0543 e. The fourth-order valence-corrected chi connectivity index (χ4v) is 3.99. The van der Waals surface area contributed by atoms with Gasteiger partial charge in [0.1, 0.15) is 0 Å². The van der Waals surface area contributed by atoms with Crippen LogP contribution in [0.1, 0.15) is 38.5 Å². The summed E-state index contributed by atoms with van der Waals surface area (Å²) in [6.45, 7) is 5.08. The first-order valence-electron chi connectivity index (χ1n) is 7.45. The second kappa shape index (κ2) is 5.25. The Kier molecular flexibility index (Phi) is 3.69. The summed E-state index contributed by atoms with van der Waals surface area (Å²) in [5.41, 5.74) is 0. The summed E-state index contributed by atoms with van der Waals surface area (Å²) in [6.07, 6.45) is 7.28. The van der Waals surface area contributed by atoms with Crippen molar-refractivity contribution in [1.29, 1.82) is 0 Å². The van der Waals surface area contributed by atoms with Crippen LogP contribution in [0.5, 0.6) is 0 Å². The predicted octanol–water partition coefficient (Wildman–Crippen LogP) is 1.22. The molecule has 2 heterocycles. The molecule has 2 aliphatic heterocycles. The molecule has 0 aromatic rings. The Bertz CT molecular complexity index is 259. The molecule has 3 fully saturated rings. The average molecular weight is 238 g/mol. The van der Waals surface area contributed by atoms with Crippen molar-refractivity contribution in [3.8, 4) is 0 Å². The molecule has 17 heavy (non-hydrogen) atoms. The van der Waals surface area contributed by atoms with Crippen LogP contribution in [-0.2, 0) is 0 Å². The molecule has 3 heteroatoms. The largest absolute Gasteiger partial charge is 0.393 e. The van der Waals surface area contributed by atoms with Crippen molar-refractivity contribution >= 4 is 0 Å². The van der Waals surface area contributed by atoms with E-state index >= 15 is 0 Å². The zero-order valence-corrected chi connectivity index (χ0v) is 10.8. The number of rotatable bonds is 3. The Labute approximate surface area is 105 Å². The number of piperidine rings is 1. The third-order valence-corrected chi connectivity index (χ3v) is 5.06. The average Bonchev–Trinajstić information content (AvgIpc) is 2.71. The highest BCUT2D eigenvalue weighted by Crippen LogP contribution is 2.28. The van der Waals surface area contributed by atoms with Gasteiger partial charge in [-0.05, 0) is 63.6 Å². The highest BCUT2D eigenvalue weighted by Gasteiger charge is 2.34. The summed E-state index contributed by atoms with van der Waals surface area (Å²) in [4.78, 5) is 2.60. The van der Waals surface area contributed by atoms with E-state index in [2.05, 4.69) is 10.2 Å². The monoisotopic (exact) mass is 238 g/mol. The smallest absolute Gasteiger partial charge is 0.0543 e. The summed E-state index contributed by atoms with van der Waals surface area (Å²) in [7, 11) is 0. The van der Waals surface area contributed by atoms with Gasteiger partial charge in [-0.2, -0.15) is 0 Å². The molecule has 5 atom stereocenters. The number of hydrogen-bond acceptors (Lipinski definition) is 3. The summed E-state index contributed by atoms with van der Waals surface area (Å²) in [6, 6.07) is 0.757. The van der Waals surface area contributed by atoms with Crippen molar-refractivity contribution in [1.82, 2.24) is 10.2 Å². The molecule has 98 valence electrons. The number of aliphatic hydroxyl groups is 1. The van der Waals surface area contributed by atoms with Gasteiger partial charge in [0.15, 0.2) is 0 Å². The SMILES string of the molecule is OC1CCCC(CNC2CCN3CCC2C3)C1. The van der Waals surface area contributed by atoms with Crippen LogP contribution >= 0.6 is 0 Å². The minimum absolute atomic E-state index is 0.0242. The fourth-order valence-electron chi connectivity index (χ4n) is 3.99. The van der Waals surface area contributed by atoms with Gasteiger partial charge >= 0.3 is 0 Å². The molecule has 5 unspecified atom stereocenters. The molecule has 3 rings (SSSR count). The highest BCUT2D eigenvalue weighted by molar-refractivity contribution is 4.91. The number of hydrogen-bond donors (Lipinski definition) is 2. The molecule has 2 bridgehead atoms. The van der Waals surface area contributed by atoms with Gasteiger partial charge in [-0.1, -0.05) is 6.42 Å². The lowest BCUT2D eigenvalue weighted by Crippen LogP contribution is -2.45. The first-order chi connectivity index (χ1) is 8.31. The van der Waals surface area contributed by atoms with Crippen molar-refractivity contribution in [2.75, 3.05) is 26.2 Å². The molecule has 3 nitrogen and oxygen atoms in total. The van der Waals surface area contributed by atoms with E-state index in [1.165, 1.54) is 45.3 Å². The third-order valence-electron chi connectivity index (χ3n) is 5.06. The van der Waals surface area contributed by atoms with Gasteiger partial charge in [0.2, 0.25) is 0 Å². The Morgan fingerprint density at radius 3 is 2.88 bits per heavy atom. The summed E-state index contributed by atoms with van der Waals surface area (Å²) >= 11 is 0. The van der Waals surface area contributed by atoms with Gasteiger partial charge in [0, 0.05) is 12.6 Å². The molecule has 1 saturated carbocycles. The Morgan fingerprint density at radius 1 is 1.12 bits per heavy atom. The van der Waals surface area contributed by atoms with E-state index in [0.717, 1.165) is 37.3 Å². The van der Waals surface area contributed by atoms with Crippen molar-refractivity contribution in [2.24, 2.45) is 11.8 Å². The van der Waals surface area contributed by atoms with E-state index in [1.54, 1.807) is 0 Å². The predicted molar refractivity (Wildman–Crippen MR) is 68.9 cm³/mol. The quantitative estimate of drug-likeness (QED) is 0.776. The lowest BCUT2D eigenvalue weighted by molar-refractivity contribution is 0.0972. The van der Waals surface area contributed by atoms with Gasteiger partial charge in [-0.15, -0.1) is 0 Å². The standard InChI is InChI=1S/C14H26N2O/c17-13-3-1-2-11(8-13)9-15-14-5-7-16-6-4-12(14)10-16/h11-15,17H,1-10H2. The minimum Gasteiger partial charge on any atom is -0.393 e. The molecular formula is C14H26N2O. The highest BCUT2D eigenvalue weighted by atomic mass is 16.3. The van der Waals surface area contributed by atoms with E-state index < -0.39 is 0 Å². The number of fused-ring (bicyclic) bond motifs is 2. The molecule has 1 aliphatic carbocycles. The van der Waals surface area contributed by atoms with Crippen molar-refractivity contribution < 1.29 is 5.11 Å². The van der Waals surface area contributed by atoms with Crippen LogP contribution in [0.2, 0.25) is 0 Å². The Balaban J connectivity index is 1.44. The molecule has 0 aromatic heterocycles. The molecule has 0 amide bonds. The maximum atomic E-state index is 9.69. The van der Waals surface area contributed by atoms with Gasteiger partial charge in [0.05, 0.1) is 6.10 Å². The second-order valence-electron chi connectivity index (χ2n) is 6.34. The van der Waals surface area contributed by atoms with E-state index in [1.807, 2.05) is 0 Å². The molecule has 2 saturated heterocycles. The minimum atomic E-state index is -0.0242. The van der Waals surface area contributed by atoms with Crippen LogP contribution < -0.4 is 5.32 Å². The first-order valence-corrected chi connectivity index (χ1v) is 7.45. The molecule has 0 aromatic carbocycles. The Morgan fingerprint density at radius 2 is 2.00 bits per heavy atom. The lowest BCUT2D eigenvalue weighted by Gasteiger charge is -2.33. The summed E-state index contributed by atoms with van der Waals surface area (Å²) in [5.74, 6) is 1.62. The van der Waals surface area contributed by atoms with Crippen molar-refractivity contribution in [3.05, 3.63) is 0 Å². The topological polar surface area (TPSA) is 35.5 Å². The molecule has 0 spiro atoms. The summed E-state index contributed by atoms with van der Waals surface area (Å²) < 4.78 is 0. The van der Waals surface area contributed by atoms with Crippen LogP contribution in [-0.4, -0.2) is 48.3 Å². The molecule has 0 radical (unpaired) electrons. The normalized spacial score (nSPS) is 46.1. The van der Waals surface area contributed by atoms with Crippen LogP contribution in [0.4, 0.5) is 0 Å². The Hall–Kier alpha value is -0.120. The number of aliphatic hydroxyl groups excluding tert-OH is 1. The van der Waals surface area contributed by atoms with Gasteiger partial charge in [-0.3, -0.25) is 0 Å². The van der Waals surface area contributed by atoms with Crippen LogP contribution in [0.25, 0.3) is 0 Å². The van der Waals surface area contributed by atoms with Gasteiger partial charge < -0.3 is 15.3 Å². The van der Waals surface area contributed by atoms with Crippen LogP contribution in [0.3, 0.4) is 0 Å². The maximum absolute atomic E-state index is 9.69. The van der Waals surface area contributed by atoms with Crippen LogP contribution in [0.15, 0.2) is 0 Å². The van der Waals surface area contributed by atoms with Crippen molar-refractivity contribution in [3.63, 3.8) is 0 Å². The summed E-state index contributed by atoms with van der Waals surface area (Å²) in [5, 5.41) is 13.5. The van der Waals surface area contributed by atoms with Crippen molar-refractivity contribution in [2.45, 2.75) is 50.7 Å². The zero-order chi connectivity index (χ0) is 11.7. The van der Waals surface area contributed by atoms with E-state index in [-0.39, 0.29) is 6.10 Å². The number of nitrogens with zero attached hydrogens (tertiary/aromatic N) is 1. The van der Waals surface area contributed by atoms with E-state index in [9.17, 15) is 5.11 Å². The van der Waals surface area contributed by atoms with Gasteiger partial charge in [0.25, 0.3) is 0 Å². The fraction of sp³-hybridized carbons (Fsp3) is 1.00. The third kappa shape index (κ3) is 2.83. The van der Waals surface area contributed by atoms with Gasteiger partial charge in [-0.25, -0.2) is 0 Å². The van der Waals surface area contributed by atoms with Crippen LogP contribution in [0, 0.1) is 11.8 Å². The molecule has 3 aliphatic rings. The molecule has 2 N–H and O–H groups in total. The second-order valence-corrected chi connectivity index (χ2v) is 6.34. The first kappa shape index (κ1) is 11.9. The number of nitrogens with one attached hydrogen (secondary N) is 1. The zero-order valence-electron chi connectivity index (χ0n) is 10.8. The lowest BCUT2D eigenvalue weighted by atomic mass is 9.86. The molecular weight excluding hydrogens is 212 g/mol. The van der Waals surface area contributed by atoms with E-state index in [4.69, 9.17) is 0 Å². The van der Waals surface area contributed by atoms with E-state index in [0.29, 0.717) is 0 Å².